The van der Waals surface area contributed by atoms with Crippen LogP contribution in [-0.2, 0) is 17.8 Å². The van der Waals surface area contributed by atoms with Gasteiger partial charge in [0.05, 0.1) is 18.7 Å². The standard InChI is InChI=1S/C28H40N6O2/c1-18(2)26(27-30-31-32-34(27)17-23-11-8-12-36-23)33(22-9-6-5-7-10-22)16-21-15-24-20(4)13-19(3)14-25(24)29-28(21)35/h13-15,18,22-23,26H,5-12,16-17H2,1-4H3,(H,29,35)/t23-,26+/m1/s1. The number of tetrazole rings is 1. The van der Waals surface area contributed by atoms with Crippen molar-refractivity contribution in [2.75, 3.05) is 6.61 Å². The molecule has 0 unspecified atom stereocenters. The first-order valence-corrected chi connectivity index (χ1v) is 13.7. The predicted molar refractivity (Wildman–Crippen MR) is 141 cm³/mol. The summed E-state index contributed by atoms with van der Waals surface area (Å²) >= 11 is 0. The Balaban J connectivity index is 1.53. The molecule has 0 amide bonds. The number of nitrogens with one attached hydrogen (secondary N) is 1. The van der Waals surface area contributed by atoms with E-state index in [-0.39, 0.29) is 23.6 Å². The number of hydrogen-bond donors (Lipinski definition) is 1. The van der Waals surface area contributed by atoms with E-state index in [1.165, 1.54) is 24.8 Å². The van der Waals surface area contributed by atoms with Crippen LogP contribution in [0.25, 0.3) is 10.9 Å². The lowest BCUT2D eigenvalue weighted by atomic mass is 9.90. The smallest absolute Gasteiger partial charge is 0.252 e. The van der Waals surface area contributed by atoms with E-state index in [1.54, 1.807) is 0 Å². The molecule has 2 aliphatic rings. The molecule has 1 aliphatic heterocycles. The van der Waals surface area contributed by atoms with Crippen LogP contribution in [0.15, 0.2) is 23.0 Å². The van der Waals surface area contributed by atoms with Crippen molar-refractivity contribution in [1.82, 2.24) is 30.1 Å². The van der Waals surface area contributed by atoms with Crippen molar-refractivity contribution >= 4 is 10.9 Å². The molecular formula is C28H40N6O2. The average Bonchev–Trinajstić information content (AvgIpc) is 3.52. The van der Waals surface area contributed by atoms with Gasteiger partial charge in [0.25, 0.3) is 5.56 Å². The third kappa shape index (κ3) is 5.25. The van der Waals surface area contributed by atoms with E-state index in [1.807, 2.05) is 4.68 Å². The molecule has 3 aromatic rings. The molecule has 5 rings (SSSR count). The molecular weight excluding hydrogens is 452 g/mol. The zero-order valence-electron chi connectivity index (χ0n) is 22.2. The first-order chi connectivity index (χ1) is 17.4. The molecule has 8 nitrogen and oxygen atoms in total. The highest BCUT2D eigenvalue weighted by Gasteiger charge is 2.35. The summed E-state index contributed by atoms with van der Waals surface area (Å²) in [5, 5.41) is 14.1. The average molecular weight is 493 g/mol. The van der Waals surface area contributed by atoms with Crippen molar-refractivity contribution < 1.29 is 4.74 Å². The van der Waals surface area contributed by atoms with Gasteiger partial charge < -0.3 is 9.72 Å². The van der Waals surface area contributed by atoms with Gasteiger partial charge >= 0.3 is 0 Å². The van der Waals surface area contributed by atoms with E-state index in [0.717, 1.165) is 60.1 Å². The third-order valence-corrected chi connectivity index (χ3v) is 8.00. The predicted octanol–water partition coefficient (Wildman–Crippen LogP) is 4.84. The van der Waals surface area contributed by atoms with Crippen molar-refractivity contribution in [2.24, 2.45) is 5.92 Å². The Morgan fingerprint density at radius 3 is 2.64 bits per heavy atom. The van der Waals surface area contributed by atoms with Gasteiger partial charge in [0.2, 0.25) is 0 Å². The van der Waals surface area contributed by atoms with Gasteiger partial charge in [-0.1, -0.05) is 39.2 Å². The van der Waals surface area contributed by atoms with Crippen LogP contribution in [-0.4, -0.2) is 48.8 Å². The molecule has 1 N–H and O–H groups in total. The fourth-order valence-electron chi connectivity index (χ4n) is 6.26. The molecule has 3 heterocycles. The topological polar surface area (TPSA) is 88.9 Å². The molecule has 2 atom stereocenters. The summed E-state index contributed by atoms with van der Waals surface area (Å²) in [7, 11) is 0. The number of aryl methyl sites for hydroxylation is 2. The van der Waals surface area contributed by atoms with Crippen molar-refractivity contribution in [3.05, 3.63) is 51.1 Å². The summed E-state index contributed by atoms with van der Waals surface area (Å²) in [6.45, 7) is 10.7. The second-order valence-electron chi connectivity index (χ2n) is 11.2. The Morgan fingerprint density at radius 1 is 1.11 bits per heavy atom. The molecule has 0 spiro atoms. The number of ether oxygens (including phenoxy) is 1. The van der Waals surface area contributed by atoms with Gasteiger partial charge in [-0.05, 0) is 79.1 Å². The van der Waals surface area contributed by atoms with Crippen LogP contribution in [0, 0.1) is 19.8 Å². The lowest BCUT2D eigenvalue weighted by Gasteiger charge is -2.41. The fraction of sp³-hybridized carbons (Fsp3) is 0.643. The van der Waals surface area contributed by atoms with E-state index in [4.69, 9.17) is 4.74 Å². The lowest BCUT2D eigenvalue weighted by Crippen LogP contribution is -2.43. The third-order valence-electron chi connectivity index (χ3n) is 8.00. The Morgan fingerprint density at radius 2 is 1.92 bits per heavy atom. The molecule has 194 valence electrons. The van der Waals surface area contributed by atoms with Gasteiger partial charge in [-0.25, -0.2) is 4.68 Å². The van der Waals surface area contributed by atoms with E-state index in [2.05, 4.69) is 71.3 Å². The van der Waals surface area contributed by atoms with Crippen LogP contribution >= 0.6 is 0 Å². The second kappa shape index (κ2) is 10.8. The summed E-state index contributed by atoms with van der Waals surface area (Å²) in [6, 6.07) is 6.75. The lowest BCUT2D eigenvalue weighted by molar-refractivity contribution is 0.0553. The van der Waals surface area contributed by atoms with Gasteiger partial charge in [-0.2, -0.15) is 0 Å². The number of aromatic nitrogens is 5. The summed E-state index contributed by atoms with van der Waals surface area (Å²) in [4.78, 5) is 19.0. The molecule has 36 heavy (non-hydrogen) atoms. The van der Waals surface area contributed by atoms with Crippen LogP contribution in [0.5, 0.6) is 0 Å². The second-order valence-corrected chi connectivity index (χ2v) is 11.2. The van der Waals surface area contributed by atoms with Crippen molar-refractivity contribution in [1.29, 1.82) is 0 Å². The van der Waals surface area contributed by atoms with Crippen molar-refractivity contribution in [3.63, 3.8) is 0 Å². The van der Waals surface area contributed by atoms with Crippen LogP contribution in [0.1, 0.15) is 87.3 Å². The Labute approximate surface area is 213 Å². The molecule has 8 heteroatoms. The van der Waals surface area contributed by atoms with Gasteiger partial charge in [0, 0.05) is 35.7 Å². The quantitative estimate of drug-likeness (QED) is 0.484. The number of rotatable bonds is 8. The van der Waals surface area contributed by atoms with Crippen LogP contribution in [0.2, 0.25) is 0 Å². The van der Waals surface area contributed by atoms with E-state index in [0.29, 0.717) is 19.1 Å². The number of benzene rings is 1. The highest BCUT2D eigenvalue weighted by molar-refractivity contribution is 5.83. The first kappa shape index (κ1) is 25.1. The van der Waals surface area contributed by atoms with E-state index in [9.17, 15) is 4.79 Å². The number of fused-ring (bicyclic) bond motifs is 1. The SMILES string of the molecule is Cc1cc(C)c2cc(CN(C3CCCCC3)[C@H](c3nnnn3C[C@H]3CCCO3)C(C)C)c(=O)[nH]c2c1. The summed E-state index contributed by atoms with van der Waals surface area (Å²) in [5.74, 6) is 1.17. The molecule has 1 aromatic carbocycles. The highest BCUT2D eigenvalue weighted by atomic mass is 16.5. The Bertz CT molecular complexity index is 1240. The summed E-state index contributed by atoms with van der Waals surface area (Å²) in [5.41, 5.74) is 4.06. The number of hydrogen-bond acceptors (Lipinski definition) is 6. The van der Waals surface area contributed by atoms with Gasteiger partial charge in [0.15, 0.2) is 5.82 Å². The Hall–Kier alpha value is -2.58. The molecule has 2 aromatic heterocycles. The van der Waals surface area contributed by atoms with Gasteiger partial charge in [-0.15, -0.1) is 5.10 Å². The monoisotopic (exact) mass is 492 g/mol. The Kier molecular flexibility index (Phi) is 7.53. The molecule has 1 aliphatic carbocycles. The maximum atomic E-state index is 13.3. The van der Waals surface area contributed by atoms with Crippen LogP contribution in [0.4, 0.5) is 0 Å². The largest absolute Gasteiger partial charge is 0.376 e. The number of H-pyrrole nitrogens is 1. The zero-order valence-corrected chi connectivity index (χ0v) is 22.2. The van der Waals surface area contributed by atoms with Crippen LogP contribution in [0.3, 0.4) is 0 Å². The van der Waals surface area contributed by atoms with E-state index < -0.39 is 0 Å². The van der Waals surface area contributed by atoms with Gasteiger partial charge in [-0.3, -0.25) is 9.69 Å². The minimum atomic E-state index is -0.00485. The zero-order chi connectivity index (χ0) is 25.2. The molecule has 1 saturated carbocycles. The van der Waals surface area contributed by atoms with Gasteiger partial charge in [0.1, 0.15) is 0 Å². The van der Waals surface area contributed by atoms with Crippen molar-refractivity contribution in [2.45, 2.75) is 104 Å². The number of aromatic amines is 1. The molecule has 2 fully saturated rings. The molecule has 0 radical (unpaired) electrons. The number of pyridine rings is 1. The number of nitrogens with zero attached hydrogens (tertiary/aromatic N) is 5. The normalized spacial score (nSPS) is 20.1. The molecule has 0 bridgehead atoms. The minimum Gasteiger partial charge on any atom is -0.376 e. The fourth-order valence-corrected chi connectivity index (χ4v) is 6.26. The maximum Gasteiger partial charge on any atom is 0.252 e. The van der Waals surface area contributed by atoms with Crippen molar-refractivity contribution in [3.8, 4) is 0 Å². The summed E-state index contributed by atoms with van der Waals surface area (Å²) < 4.78 is 7.85. The van der Waals surface area contributed by atoms with Crippen LogP contribution < -0.4 is 5.56 Å². The maximum absolute atomic E-state index is 13.3. The summed E-state index contributed by atoms with van der Waals surface area (Å²) in [6.07, 6.45) is 8.30. The molecule has 1 saturated heterocycles. The minimum absolute atomic E-state index is 0.00485. The first-order valence-electron chi connectivity index (χ1n) is 13.7. The van der Waals surface area contributed by atoms with E-state index >= 15 is 0 Å². The highest BCUT2D eigenvalue weighted by Crippen LogP contribution is 2.35.